The SMILES string of the molecule is C[NH+]1[C@@H]2CC[C@H]1CC(NC(=O)Nc1ccc(OC(F)(F)F)cc1)C2. The average molecular weight is 344 g/mol. The summed E-state index contributed by atoms with van der Waals surface area (Å²) in [4.78, 5) is 13.6. The molecule has 2 saturated heterocycles. The van der Waals surface area contributed by atoms with Gasteiger partial charge in [0.25, 0.3) is 0 Å². The van der Waals surface area contributed by atoms with Crippen molar-refractivity contribution in [1.29, 1.82) is 0 Å². The van der Waals surface area contributed by atoms with Gasteiger partial charge in [0.05, 0.1) is 19.1 Å². The maximum Gasteiger partial charge on any atom is 0.573 e. The predicted octanol–water partition coefficient (Wildman–Crippen LogP) is 1.91. The number of urea groups is 1. The molecule has 2 heterocycles. The maximum absolute atomic E-state index is 12.1. The summed E-state index contributed by atoms with van der Waals surface area (Å²) in [7, 11) is 2.21. The van der Waals surface area contributed by atoms with Gasteiger partial charge >= 0.3 is 12.4 Å². The summed E-state index contributed by atoms with van der Waals surface area (Å²) in [5, 5.41) is 5.61. The van der Waals surface area contributed by atoms with Crippen LogP contribution >= 0.6 is 0 Å². The summed E-state index contributed by atoms with van der Waals surface area (Å²) < 4.78 is 40.1. The number of quaternary nitrogens is 1. The van der Waals surface area contributed by atoms with Crippen LogP contribution in [0.1, 0.15) is 25.7 Å². The van der Waals surface area contributed by atoms with Crippen LogP contribution < -0.4 is 20.3 Å². The lowest BCUT2D eigenvalue weighted by Gasteiger charge is -2.33. The van der Waals surface area contributed by atoms with Crippen LogP contribution in [0.2, 0.25) is 0 Å². The highest BCUT2D eigenvalue weighted by atomic mass is 19.4. The molecule has 24 heavy (non-hydrogen) atoms. The van der Waals surface area contributed by atoms with E-state index < -0.39 is 6.36 Å². The number of alkyl halides is 3. The zero-order valence-electron chi connectivity index (χ0n) is 13.3. The standard InChI is InChI=1S/C16H20F3N3O2/c1-22-12-4-5-13(22)9-11(8-12)21-15(23)20-10-2-6-14(7-3-10)24-16(17,18)19/h2-3,6-7,11-13H,4-5,8-9H2,1H3,(H2,20,21,23)/p+1/t11?,12-,13+. The van der Waals surface area contributed by atoms with E-state index in [4.69, 9.17) is 0 Å². The van der Waals surface area contributed by atoms with E-state index in [-0.39, 0.29) is 17.8 Å². The van der Waals surface area contributed by atoms with E-state index in [1.54, 1.807) is 4.90 Å². The van der Waals surface area contributed by atoms with E-state index >= 15 is 0 Å². The van der Waals surface area contributed by atoms with Crippen LogP contribution in [0.15, 0.2) is 24.3 Å². The number of hydrogen-bond acceptors (Lipinski definition) is 2. The predicted molar refractivity (Wildman–Crippen MR) is 82.0 cm³/mol. The minimum atomic E-state index is -4.72. The number of anilines is 1. The average Bonchev–Trinajstić information content (AvgIpc) is 2.70. The molecule has 2 amide bonds. The van der Waals surface area contributed by atoms with E-state index in [1.165, 1.54) is 37.1 Å². The van der Waals surface area contributed by atoms with E-state index in [1.807, 2.05) is 0 Å². The number of carbonyl (C=O) groups excluding carboxylic acids is 1. The number of hydrogen-bond donors (Lipinski definition) is 3. The lowest BCUT2D eigenvalue weighted by molar-refractivity contribution is -0.922. The Balaban J connectivity index is 1.50. The van der Waals surface area contributed by atoms with Crippen molar-refractivity contribution in [2.45, 2.75) is 50.2 Å². The van der Waals surface area contributed by atoms with Crippen LogP contribution in [0, 0.1) is 0 Å². The number of piperidine rings is 1. The van der Waals surface area contributed by atoms with Gasteiger partial charge in [-0.25, -0.2) is 4.79 Å². The Kier molecular flexibility index (Phi) is 4.58. The third-order valence-corrected chi connectivity index (χ3v) is 4.97. The molecule has 0 aromatic heterocycles. The molecule has 2 bridgehead atoms. The molecule has 5 nitrogen and oxygen atoms in total. The topological polar surface area (TPSA) is 54.8 Å². The normalized spacial score (nSPS) is 29.2. The van der Waals surface area contributed by atoms with Crippen LogP contribution in [0.4, 0.5) is 23.7 Å². The number of ether oxygens (including phenoxy) is 1. The van der Waals surface area contributed by atoms with Gasteiger partial charge in [0.15, 0.2) is 0 Å². The lowest BCUT2D eigenvalue weighted by atomic mass is 9.98. The van der Waals surface area contributed by atoms with Gasteiger partial charge < -0.3 is 20.3 Å². The maximum atomic E-state index is 12.1. The van der Waals surface area contributed by atoms with E-state index in [0.29, 0.717) is 17.8 Å². The highest BCUT2D eigenvalue weighted by Crippen LogP contribution is 2.24. The molecule has 4 atom stereocenters. The third-order valence-electron chi connectivity index (χ3n) is 4.97. The van der Waals surface area contributed by atoms with Crippen LogP contribution in [0.3, 0.4) is 0 Å². The second kappa shape index (κ2) is 6.51. The van der Waals surface area contributed by atoms with Crippen molar-refractivity contribution < 1.29 is 27.6 Å². The Morgan fingerprint density at radius 3 is 2.29 bits per heavy atom. The first-order chi connectivity index (χ1) is 11.3. The number of benzene rings is 1. The quantitative estimate of drug-likeness (QED) is 0.785. The molecule has 0 spiro atoms. The van der Waals surface area contributed by atoms with Crippen LogP contribution in [0.25, 0.3) is 0 Å². The number of amides is 2. The molecule has 0 saturated carbocycles. The van der Waals surface area contributed by atoms with Crippen molar-refractivity contribution in [2.75, 3.05) is 12.4 Å². The molecule has 2 unspecified atom stereocenters. The molecular formula is C16H21F3N3O2+. The first kappa shape index (κ1) is 16.9. The Hall–Kier alpha value is -1.96. The first-order valence-electron chi connectivity index (χ1n) is 8.07. The van der Waals surface area contributed by atoms with Gasteiger partial charge in [-0.15, -0.1) is 13.2 Å². The van der Waals surface area contributed by atoms with E-state index in [2.05, 4.69) is 22.4 Å². The van der Waals surface area contributed by atoms with Crippen molar-refractivity contribution in [1.82, 2.24) is 5.32 Å². The van der Waals surface area contributed by atoms with Crippen molar-refractivity contribution >= 4 is 11.7 Å². The second-order valence-corrected chi connectivity index (χ2v) is 6.55. The Labute approximate surface area is 138 Å². The van der Waals surface area contributed by atoms with Gasteiger partial charge in [-0.05, 0) is 24.3 Å². The molecule has 0 aliphatic carbocycles. The highest BCUT2D eigenvalue weighted by molar-refractivity contribution is 5.89. The van der Waals surface area contributed by atoms with Gasteiger partial charge in [0.2, 0.25) is 0 Å². The minimum Gasteiger partial charge on any atom is -0.406 e. The Morgan fingerprint density at radius 2 is 1.75 bits per heavy atom. The lowest BCUT2D eigenvalue weighted by Crippen LogP contribution is -3.15. The Bertz CT molecular complexity index is 577. The molecule has 1 aromatic rings. The number of rotatable bonds is 3. The molecule has 132 valence electrons. The molecule has 2 aliphatic rings. The van der Waals surface area contributed by atoms with Crippen LogP contribution in [-0.2, 0) is 0 Å². The monoisotopic (exact) mass is 344 g/mol. The summed E-state index contributed by atoms with van der Waals surface area (Å²) in [6, 6.07) is 6.12. The highest BCUT2D eigenvalue weighted by Gasteiger charge is 2.42. The molecule has 3 rings (SSSR count). The van der Waals surface area contributed by atoms with Crippen molar-refractivity contribution in [3.8, 4) is 5.75 Å². The number of fused-ring (bicyclic) bond motifs is 2. The van der Waals surface area contributed by atoms with Gasteiger partial charge in [-0.2, -0.15) is 0 Å². The van der Waals surface area contributed by atoms with Crippen molar-refractivity contribution in [2.24, 2.45) is 0 Å². The number of halogens is 3. The van der Waals surface area contributed by atoms with Gasteiger partial charge in [-0.3, -0.25) is 0 Å². The fraction of sp³-hybridized carbons (Fsp3) is 0.562. The number of nitrogens with one attached hydrogen (secondary N) is 3. The summed E-state index contributed by atoms with van der Waals surface area (Å²) in [5.74, 6) is -0.316. The van der Waals surface area contributed by atoms with Gasteiger partial charge in [-0.1, -0.05) is 0 Å². The summed E-state index contributed by atoms with van der Waals surface area (Å²) in [6.45, 7) is 0. The molecular weight excluding hydrogens is 323 g/mol. The zero-order chi connectivity index (χ0) is 17.3. The second-order valence-electron chi connectivity index (χ2n) is 6.55. The van der Waals surface area contributed by atoms with Gasteiger partial charge in [0, 0.05) is 37.4 Å². The van der Waals surface area contributed by atoms with Crippen molar-refractivity contribution in [3.05, 3.63) is 24.3 Å². The van der Waals surface area contributed by atoms with E-state index in [0.717, 1.165) is 12.8 Å². The van der Waals surface area contributed by atoms with E-state index in [9.17, 15) is 18.0 Å². The minimum absolute atomic E-state index is 0.152. The molecule has 1 aromatic carbocycles. The first-order valence-corrected chi connectivity index (χ1v) is 8.07. The smallest absolute Gasteiger partial charge is 0.406 e. The fourth-order valence-electron chi connectivity index (χ4n) is 3.79. The molecule has 0 radical (unpaired) electrons. The van der Waals surface area contributed by atoms with Gasteiger partial charge in [0.1, 0.15) is 5.75 Å². The van der Waals surface area contributed by atoms with Crippen LogP contribution in [0.5, 0.6) is 5.75 Å². The van der Waals surface area contributed by atoms with Crippen molar-refractivity contribution in [3.63, 3.8) is 0 Å². The zero-order valence-corrected chi connectivity index (χ0v) is 13.3. The summed E-state index contributed by atoms with van der Waals surface area (Å²) >= 11 is 0. The van der Waals surface area contributed by atoms with Crippen LogP contribution in [-0.4, -0.2) is 37.6 Å². The Morgan fingerprint density at radius 1 is 1.17 bits per heavy atom. The molecule has 3 N–H and O–H groups in total. The summed E-state index contributed by atoms with van der Waals surface area (Å²) in [6.07, 6.45) is -0.377. The largest absolute Gasteiger partial charge is 0.573 e. The third kappa shape index (κ3) is 4.11. The molecule has 8 heteroatoms. The molecule has 2 aliphatic heterocycles. The summed E-state index contributed by atoms with van der Waals surface area (Å²) in [5.41, 5.74) is 0.420. The number of carbonyl (C=O) groups is 1. The fourth-order valence-corrected chi connectivity index (χ4v) is 3.79. The molecule has 2 fully saturated rings.